The Morgan fingerprint density at radius 3 is 2.09 bits per heavy atom. The molecule has 0 spiro atoms. The third-order valence-corrected chi connectivity index (χ3v) is 23.9. The van der Waals surface area contributed by atoms with Gasteiger partial charge in [-0.05, 0) is 0 Å². The van der Waals surface area contributed by atoms with Crippen molar-refractivity contribution in [3.8, 4) is 22.3 Å². The minimum absolute atomic E-state index is 0.0562. The molecule has 0 N–H and O–H groups in total. The van der Waals surface area contributed by atoms with Crippen LogP contribution < -0.4 is 13.6 Å². The second-order valence-corrected chi connectivity index (χ2v) is 30.6. The van der Waals surface area contributed by atoms with Gasteiger partial charge in [0, 0.05) is 0 Å². The van der Waals surface area contributed by atoms with Crippen LogP contribution >= 0.6 is 17.0 Å². The number of aryl methyl sites for hydroxylation is 1. The van der Waals surface area contributed by atoms with Crippen molar-refractivity contribution in [2.75, 3.05) is 0 Å². The van der Waals surface area contributed by atoms with Crippen LogP contribution in [0.1, 0.15) is 92.8 Å². The summed E-state index contributed by atoms with van der Waals surface area (Å²) < 4.78 is 1.42. The number of rotatable bonds is 5. The van der Waals surface area contributed by atoms with Crippen molar-refractivity contribution in [3.63, 3.8) is 0 Å². The van der Waals surface area contributed by atoms with Gasteiger partial charge in [0.15, 0.2) is 0 Å². The second-order valence-electron chi connectivity index (χ2n) is 14.8. The monoisotopic (exact) mass is 700 g/mol. The fourth-order valence-corrected chi connectivity index (χ4v) is 24.1. The van der Waals surface area contributed by atoms with Gasteiger partial charge in [-0.1, -0.05) is 0 Å². The van der Waals surface area contributed by atoms with Crippen LogP contribution in [0.3, 0.4) is 0 Å². The summed E-state index contributed by atoms with van der Waals surface area (Å²) in [5.41, 5.74) is 13.7. The first-order chi connectivity index (χ1) is 20.2. The van der Waals surface area contributed by atoms with E-state index in [0.717, 1.165) is 12.8 Å². The summed E-state index contributed by atoms with van der Waals surface area (Å²) in [4.78, 5) is 0. The molecule has 2 aliphatic rings. The molecule has 1 heterocycles. The minimum atomic E-state index is -4.00. The molecule has 4 aromatic rings. The average Bonchev–Trinajstić information content (AvgIpc) is 3.50. The van der Waals surface area contributed by atoms with Crippen LogP contribution in [0, 0.1) is 6.92 Å². The van der Waals surface area contributed by atoms with E-state index in [1.165, 1.54) is 69.3 Å². The van der Waals surface area contributed by atoms with Crippen LogP contribution in [-0.4, -0.2) is 9.52 Å². The first kappa shape index (κ1) is 31.3. The van der Waals surface area contributed by atoms with Crippen LogP contribution in [0.25, 0.3) is 28.3 Å². The number of halogens is 2. The number of hydrogen-bond donors (Lipinski definition) is 0. The summed E-state index contributed by atoms with van der Waals surface area (Å²) in [6.45, 7) is 18.5. The van der Waals surface area contributed by atoms with E-state index < -0.39 is 27.4 Å². The van der Waals surface area contributed by atoms with Crippen molar-refractivity contribution in [1.82, 2.24) is 0 Å². The van der Waals surface area contributed by atoms with Gasteiger partial charge in [0.2, 0.25) is 0 Å². The van der Waals surface area contributed by atoms with Gasteiger partial charge in [-0.15, -0.1) is 0 Å². The Morgan fingerprint density at radius 2 is 1.44 bits per heavy atom. The van der Waals surface area contributed by atoms with Gasteiger partial charge in [-0.3, -0.25) is 0 Å². The summed E-state index contributed by atoms with van der Waals surface area (Å²) in [7, 11) is 15.2. The molecule has 0 radical (unpaired) electrons. The molecule has 43 heavy (non-hydrogen) atoms. The van der Waals surface area contributed by atoms with Crippen molar-refractivity contribution >= 4 is 46.3 Å². The Hall–Kier alpha value is -1.70. The fraction of sp³-hybridized carbons (Fsp3) is 0.333. The summed E-state index contributed by atoms with van der Waals surface area (Å²) in [5.74, 6) is 0. The quantitative estimate of drug-likeness (QED) is 0.160. The van der Waals surface area contributed by atoms with Crippen LogP contribution in [0.5, 0.6) is 0 Å². The maximum atomic E-state index is 7.92. The van der Waals surface area contributed by atoms with E-state index in [-0.39, 0.29) is 14.5 Å². The Bertz CT molecular complexity index is 1740. The van der Waals surface area contributed by atoms with E-state index in [0.29, 0.717) is 0 Å². The average molecular weight is 703 g/mol. The number of benzene rings is 4. The zero-order valence-corrected chi connectivity index (χ0v) is 32.3. The molecule has 6 rings (SSSR count). The molecule has 4 heteroatoms. The molecular weight excluding hydrogens is 659 g/mol. The Balaban J connectivity index is 1.54. The Kier molecular flexibility index (Phi) is 8.20. The van der Waals surface area contributed by atoms with Gasteiger partial charge >= 0.3 is 275 Å². The van der Waals surface area contributed by atoms with E-state index in [9.17, 15) is 0 Å². The second kappa shape index (κ2) is 11.3. The normalized spacial score (nSPS) is 16.7. The molecule has 1 unspecified atom stereocenters. The van der Waals surface area contributed by atoms with Crippen LogP contribution in [-0.2, 0) is 28.7 Å². The van der Waals surface area contributed by atoms with E-state index in [1.54, 1.807) is 0 Å². The predicted octanol–water partition coefficient (Wildman–Crippen LogP) is 9.38. The molecule has 0 saturated carbocycles. The van der Waals surface area contributed by atoms with Crippen LogP contribution in [0.4, 0.5) is 0 Å². The predicted molar refractivity (Wildman–Crippen MR) is 191 cm³/mol. The van der Waals surface area contributed by atoms with Gasteiger partial charge in [-0.25, -0.2) is 0 Å². The molecule has 0 bridgehead atoms. The molecule has 1 aliphatic carbocycles. The van der Waals surface area contributed by atoms with Crippen LogP contribution in [0.2, 0.25) is 0 Å². The van der Waals surface area contributed by atoms with Crippen molar-refractivity contribution in [3.05, 3.63) is 106 Å². The van der Waals surface area contributed by atoms with E-state index in [4.69, 9.17) is 17.0 Å². The van der Waals surface area contributed by atoms with Crippen molar-refractivity contribution < 1.29 is 17.9 Å². The van der Waals surface area contributed by atoms with Crippen molar-refractivity contribution in [2.45, 2.75) is 82.7 Å². The third kappa shape index (κ3) is 5.54. The SMILES string of the molecule is CCCC1=Cc2c(ccc(C)c2-c2cc(C(C)(C)C)cc(C(C)(C)C)c2)[CH]1[Zr]([Cl])([Cl])[c]1cccc2c1[SiH2]c1ccccc1-2. The summed E-state index contributed by atoms with van der Waals surface area (Å²) in [5, 5.41) is 3.01. The molecule has 1 aliphatic heterocycles. The van der Waals surface area contributed by atoms with E-state index in [2.05, 4.69) is 134 Å². The molecule has 0 fully saturated rings. The van der Waals surface area contributed by atoms with E-state index in [1.807, 2.05) is 0 Å². The molecule has 4 aromatic carbocycles. The third-order valence-electron chi connectivity index (χ3n) is 9.56. The molecule has 0 amide bonds. The van der Waals surface area contributed by atoms with E-state index >= 15 is 0 Å². The number of fused-ring (bicyclic) bond motifs is 4. The molecule has 0 nitrogen and oxygen atoms in total. The Morgan fingerprint density at radius 1 is 0.791 bits per heavy atom. The summed E-state index contributed by atoms with van der Waals surface area (Å²) in [6, 6.07) is 27.6. The maximum absolute atomic E-state index is 7.92. The standard InChI is InChI=1S/C27H35.C12H9Si.2ClH.Zr/c1-9-10-19-13-20-12-11-18(2)25(24(20)14-19)21-15-22(26(3,4)5)17-23(16-21)27(6,7)8;1-3-7-11-9(5-1)10-6-2-4-8-12(10)13-11;;;/h11-17H,9-10H2,1-8H3;1-7H,13H2;2*1H;/q;;;;+2/p-2. The molecular formula is C39H44Cl2SiZr. The molecule has 0 saturated heterocycles. The zero-order chi connectivity index (χ0) is 30.9. The molecule has 222 valence electrons. The first-order valence-electron chi connectivity index (χ1n) is 15.8. The fourth-order valence-electron chi connectivity index (χ4n) is 7.20. The number of hydrogen-bond acceptors (Lipinski definition) is 0. The molecule has 0 aromatic heterocycles. The molecule has 1 atom stereocenters. The van der Waals surface area contributed by atoms with Gasteiger partial charge in [0.25, 0.3) is 0 Å². The number of allylic oxidation sites excluding steroid dienone is 1. The van der Waals surface area contributed by atoms with Crippen LogP contribution in [0.15, 0.2) is 78.4 Å². The van der Waals surface area contributed by atoms with Gasteiger partial charge in [0.1, 0.15) is 0 Å². The zero-order valence-electron chi connectivity index (χ0n) is 27.0. The van der Waals surface area contributed by atoms with Gasteiger partial charge < -0.3 is 0 Å². The van der Waals surface area contributed by atoms with Crippen molar-refractivity contribution in [2.24, 2.45) is 0 Å². The summed E-state index contributed by atoms with van der Waals surface area (Å²) >= 11 is -4.00. The first-order valence-corrected chi connectivity index (χ1v) is 26.2. The van der Waals surface area contributed by atoms with Gasteiger partial charge in [-0.2, -0.15) is 0 Å². The van der Waals surface area contributed by atoms with Gasteiger partial charge in [0.05, 0.1) is 0 Å². The van der Waals surface area contributed by atoms with Crippen molar-refractivity contribution in [1.29, 1.82) is 0 Å². The topological polar surface area (TPSA) is 0 Å². The Labute approximate surface area is 273 Å². The summed E-state index contributed by atoms with van der Waals surface area (Å²) in [6.07, 6.45) is 4.59.